The van der Waals surface area contributed by atoms with Crippen molar-refractivity contribution in [3.63, 3.8) is 0 Å². The van der Waals surface area contributed by atoms with E-state index >= 15 is 0 Å². The number of hydrogen-bond donors (Lipinski definition) is 2. The van der Waals surface area contributed by atoms with Crippen LogP contribution in [0.5, 0.6) is 0 Å². The molecule has 1 heterocycles. The van der Waals surface area contributed by atoms with E-state index in [4.69, 9.17) is 9.47 Å². The summed E-state index contributed by atoms with van der Waals surface area (Å²) in [5.41, 5.74) is -1.52. The molecule has 0 aromatic heterocycles. The fraction of sp³-hybridized carbons (Fsp3) is 0.925. The van der Waals surface area contributed by atoms with E-state index in [1.807, 2.05) is 13.8 Å². The Labute approximate surface area is 294 Å². The van der Waals surface area contributed by atoms with E-state index in [-0.39, 0.29) is 24.3 Å². The molecule has 48 heavy (non-hydrogen) atoms. The Morgan fingerprint density at radius 1 is 0.729 bits per heavy atom. The van der Waals surface area contributed by atoms with Crippen LogP contribution in [0.3, 0.4) is 0 Å². The van der Waals surface area contributed by atoms with Gasteiger partial charge in [0.25, 0.3) is 0 Å². The molecule has 2 rings (SSSR count). The molecule has 2 N–H and O–H groups in total. The number of nitrogens with one attached hydrogen (secondary N) is 2. The van der Waals surface area contributed by atoms with E-state index < -0.39 is 34.7 Å². The lowest BCUT2D eigenvalue weighted by atomic mass is 9.72. The predicted molar refractivity (Wildman–Crippen MR) is 192 cm³/mol. The Morgan fingerprint density at radius 3 is 1.69 bits per heavy atom. The highest BCUT2D eigenvalue weighted by Crippen LogP contribution is 2.37. The van der Waals surface area contributed by atoms with Crippen LogP contribution in [-0.4, -0.2) is 48.4 Å². The molecule has 1 saturated carbocycles. The first kappa shape index (κ1) is 42.5. The van der Waals surface area contributed by atoms with Gasteiger partial charge >= 0.3 is 0 Å². The number of rotatable bonds is 25. The molecule has 8 nitrogen and oxygen atoms in total. The SMILES string of the molecule is CCCCCCCCCCC(CCCCCCCCCC)C(=O)NC1(C(CNC(=O)C2OC(C)(C)OCC2(C)C)C(=O)[O-])CCCCC1. The van der Waals surface area contributed by atoms with Crippen molar-refractivity contribution in [3.8, 4) is 0 Å². The molecule has 0 bridgehead atoms. The molecular weight excluding hydrogens is 604 g/mol. The van der Waals surface area contributed by atoms with Gasteiger partial charge in [0, 0.05) is 35.3 Å². The van der Waals surface area contributed by atoms with Gasteiger partial charge in [-0.15, -0.1) is 0 Å². The molecule has 2 aliphatic rings. The van der Waals surface area contributed by atoms with Gasteiger partial charge in [0.2, 0.25) is 11.8 Å². The first-order chi connectivity index (χ1) is 22.9. The van der Waals surface area contributed by atoms with Gasteiger partial charge in [0.1, 0.15) is 6.10 Å². The highest BCUT2D eigenvalue weighted by atomic mass is 16.7. The number of unbranched alkanes of at least 4 members (excludes halogenated alkanes) is 14. The van der Waals surface area contributed by atoms with Crippen LogP contribution in [0.15, 0.2) is 0 Å². The quantitative estimate of drug-likeness (QED) is 0.0943. The van der Waals surface area contributed by atoms with E-state index in [0.29, 0.717) is 19.4 Å². The van der Waals surface area contributed by atoms with Gasteiger partial charge in [-0.25, -0.2) is 0 Å². The van der Waals surface area contributed by atoms with Crippen molar-refractivity contribution >= 4 is 17.8 Å². The zero-order chi connectivity index (χ0) is 35.5. The first-order valence-corrected chi connectivity index (χ1v) is 20.0. The lowest BCUT2D eigenvalue weighted by molar-refractivity contribution is -0.314. The summed E-state index contributed by atoms with van der Waals surface area (Å²) in [6.07, 6.45) is 24.2. The second-order valence-corrected chi connectivity index (χ2v) is 16.2. The van der Waals surface area contributed by atoms with E-state index in [1.54, 1.807) is 13.8 Å². The minimum absolute atomic E-state index is 0.0176. The fourth-order valence-corrected chi connectivity index (χ4v) is 7.67. The van der Waals surface area contributed by atoms with Crippen LogP contribution in [0.4, 0.5) is 0 Å². The molecule has 0 radical (unpaired) electrons. The molecule has 0 aromatic rings. The van der Waals surface area contributed by atoms with E-state index in [0.717, 1.165) is 57.8 Å². The molecule has 8 heteroatoms. The van der Waals surface area contributed by atoms with Crippen molar-refractivity contribution in [1.82, 2.24) is 10.6 Å². The molecule has 1 aliphatic carbocycles. The predicted octanol–water partition coefficient (Wildman–Crippen LogP) is 8.14. The first-order valence-electron chi connectivity index (χ1n) is 20.0. The van der Waals surface area contributed by atoms with Gasteiger partial charge in [0.15, 0.2) is 5.79 Å². The Balaban J connectivity index is 2.09. The monoisotopic (exact) mass is 678 g/mol. The zero-order valence-corrected chi connectivity index (χ0v) is 31.9. The van der Waals surface area contributed by atoms with Crippen molar-refractivity contribution in [2.45, 2.75) is 207 Å². The molecule has 0 aromatic carbocycles. The third-order valence-electron chi connectivity index (χ3n) is 10.9. The van der Waals surface area contributed by atoms with E-state index in [9.17, 15) is 19.5 Å². The van der Waals surface area contributed by atoms with E-state index in [1.165, 1.54) is 77.0 Å². The average molecular weight is 678 g/mol. The van der Waals surface area contributed by atoms with Crippen LogP contribution >= 0.6 is 0 Å². The number of carboxylic acids is 1. The summed E-state index contributed by atoms with van der Waals surface area (Å²) in [5.74, 6) is -3.68. The second kappa shape index (κ2) is 22.2. The summed E-state index contributed by atoms with van der Waals surface area (Å²) in [6, 6.07) is 0. The minimum Gasteiger partial charge on any atom is -0.550 e. The maximum atomic E-state index is 14.1. The van der Waals surface area contributed by atoms with Crippen LogP contribution in [0.25, 0.3) is 0 Å². The lowest BCUT2D eigenvalue weighted by Gasteiger charge is -2.47. The summed E-state index contributed by atoms with van der Waals surface area (Å²) < 4.78 is 11.8. The van der Waals surface area contributed by atoms with Crippen molar-refractivity contribution in [2.75, 3.05) is 13.2 Å². The molecular formula is C40H73N2O6-. The van der Waals surface area contributed by atoms with Gasteiger partial charge < -0.3 is 30.0 Å². The minimum atomic E-state index is -1.23. The normalized spacial score (nSPS) is 20.7. The van der Waals surface area contributed by atoms with Crippen LogP contribution in [0, 0.1) is 17.3 Å². The maximum absolute atomic E-state index is 14.1. The summed E-state index contributed by atoms with van der Waals surface area (Å²) in [6.45, 7) is 12.1. The summed E-state index contributed by atoms with van der Waals surface area (Å²) in [7, 11) is 0. The van der Waals surface area contributed by atoms with Crippen LogP contribution in [0.1, 0.15) is 189 Å². The highest BCUT2D eigenvalue weighted by Gasteiger charge is 2.47. The highest BCUT2D eigenvalue weighted by molar-refractivity contribution is 5.83. The standard InChI is InChI=1S/C40H74N2O6/c1-7-9-11-13-15-17-19-22-26-32(27-23-20-18-16-14-12-10-8-2)35(43)42-40(28-24-21-25-29-40)33(37(45)46)30-41-36(44)34-38(3,4)31-47-39(5,6)48-34/h32-34H,7-31H2,1-6H3,(H,41,44)(H,42,43)(H,45,46)/p-1. The van der Waals surface area contributed by atoms with Gasteiger partial charge in [-0.3, -0.25) is 9.59 Å². The van der Waals surface area contributed by atoms with Crippen LogP contribution in [-0.2, 0) is 23.9 Å². The molecule has 280 valence electrons. The van der Waals surface area contributed by atoms with Crippen molar-refractivity contribution in [2.24, 2.45) is 17.3 Å². The van der Waals surface area contributed by atoms with Crippen LogP contribution in [0.2, 0.25) is 0 Å². The Morgan fingerprint density at radius 2 is 1.21 bits per heavy atom. The van der Waals surface area contributed by atoms with Gasteiger partial charge in [-0.2, -0.15) is 0 Å². The lowest BCUT2D eigenvalue weighted by Crippen LogP contribution is -2.64. The number of amides is 2. The second-order valence-electron chi connectivity index (χ2n) is 16.2. The Kier molecular flexibility index (Phi) is 19.7. The van der Waals surface area contributed by atoms with Gasteiger partial charge in [0.05, 0.1) is 6.61 Å². The summed E-state index contributed by atoms with van der Waals surface area (Å²) in [5, 5.41) is 19.0. The number of carbonyl (C=O) groups is 3. The largest absolute Gasteiger partial charge is 0.550 e. The number of carboxylic acid groups (broad SMARTS) is 1. The zero-order valence-electron chi connectivity index (χ0n) is 31.9. The topological polar surface area (TPSA) is 117 Å². The average Bonchev–Trinajstić information content (AvgIpc) is 3.04. The van der Waals surface area contributed by atoms with E-state index in [2.05, 4.69) is 24.5 Å². The number of ether oxygens (including phenoxy) is 2. The molecule has 2 amide bonds. The van der Waals surface area contributed by atoms with Crippen molar-refractivity contribution in [3.05, 3.63) is 0 Å². The number of aliphatic carboxylic acids is 1. The third-order valence-corrected chi connectivity index (χ3v) is 10.9. The van der Waals surface area contributed by atoms with Crippen LogP contribution < -0.4 is 15.7 Å². The van der Waals surface area contributed by atoms with Crippen molar-refractivity contribution in [1.29, 1.82) is 0 Å². The van der Waals surface area contributed by atoms with Gasteiger partial charge in [-0.05, 0) is 39.5 Å². The Bertz CT molecular complexity index is 909. The molecule has 2 fully saturated rings. The Hall–Kier alpha value is -1.67. The fourth-order valence-electron chi connectivity index (χ4n) is 7.67. The molecule has 0 spiro atoms. The van der Waals surface area contributed by atoms with Gasteiger partial charge in [-0.1, -0.05) is 150 Å². The number of carbonyl (C=O) groups excluding carboxylic acids is 3. The molecule has 2 unspecified atom stereocenters. The number of hydrogen-bond acceptors (Lipinski definition) is 6. The summed E-state index contributed by atoms with van der Waals surface area (Å²) in [4.78, 5) is 40.3. The molecule has 1 saturated heterocycles. The molecule has 1 aliphatic heterocycles. The van der Waals surface area contributed by atoms with Crippen molar-refractivity contribution < 1.29 is 29.0 Å². The third kappa shape index (κ3) is 15.1. The molecule has 2 atom stereocenters. The smallest absolute Gasteiger partial charge is 0.249 e. The maximum Gasteiger partial charge on any atom is 0.249 e. The summed E-state index contributed by atoms with van der Waals surface area (Å²) >= 11 is 0.